The number of nitro benzene ring substituents is 1. The third-order valence-corrected chi connectivity index (χ3v) is 4.42. The van der Waals surface area contributed by atoms with Gasteiger partial charge in [0.15, 0.2) is 0 Å². The van der Waals surface area contributed by atoms with E-state index in [-0.39, 0.29) is 24.0 Å². The Hall–Kier alpha value is -1.31. The van der Waals surface area contributed by atoms with E-state index in [4.69, 9.17) is 0 Å². The van der Waals surface area contributed by atoms with Crippen LogP contribution in [0.15, 0.2) is 29.2 Å². The molecule has 2 rings (SSSR count). The molecule has 8 heteroatoms. The maximum Gasteiger partial charge on any atom is 0.269 e. The molecule has 6 nitrogen and oxygen atoms in total. The van der Waals surface area contributed by atoms with Gasteiger partial charge in [-0.1, -0.05) is 0 Å². The minimum absolute atomic E-state index is 0. The molecule has 1 aliphatic heterocycles. The Bertz CT molecular complexity index is 493. The van der Waals surface area contributed by atoms with Crippen molar-refractivity contribution in [3.63, 3.8) is 0 Å². The second-order valence-corrected chi connectivity index (χ2v) is 6.10. The number of nitrogens with one attached hydrogen (secondary N) is 2. The molecule has 1 fully saturated rings. The zero-order valence-electron chi connectivity index (χ0n) is 12.1. The molecule has 1 aromatic rings. The molecule has 1 aliphatic rings. The van der Waals surface area contributed by atoms with Gasteiger partial charge in [-0.2, -0.15) is 0 Å². The van der Waals surface area contributed by atoms with Gasteiger partial charge in [0.25, 0.3) is 5.69 Å². The van der Waals surface area contributed by atoms with E-state index in [1.54, 1.807) is 12.1 Å². The fourth-order valence-electron chi connectivity index (χ4n) is 2.22. The smallest absolute Gasteiger partial charge is 0.269 e. The van der Waals surface area contributed by atoms with E-state index < -0.39 is 4.92 Å². The Morgan fingerprint density at radius 1 is 1.41 bits per heavy atom. The van der Waals surface area contributed by atoms with Crippen molar-refractivity contribution in [2.24, 2.45) is 5.92 Å². The van der Waals surface area contributed by atoms with Gasteiger partial charge in [0, 0.05) is 23.6 Å². The van der Waals surface area contributed by atoms with Gasteiger partial charge in [-0.05, 0) is 44.0 Å². The summed E-state index contributed by atoms with van der Waals surface area (Å²) in [4.78, 5) is 22.7. The van der Waals surface area contributed by atoms with E-state index in [1.165, 1.54) is 23.9 Å². The quantitative estimate of drug-likeness (QED) is 0.469. The molecule has 1 atom stereocenters. The van der Waals surface area contributed by atoms with Crippen LogP contribution in [0.1, 0.15) is 12.8 Å². The summed E-state index contributed by atoms with van der Waals surface area (Å²) < 4.78 is 0. The van der Waals surface area contributed by atoms with Crippen molar-refractivity contribution in [1.29, 1.82) is 0 Å². The molecule has 1 unspecified atom stereocenters. The van der Waals surface area contributed by atoms with E-state index in [9.17, 15) is 14.9 Å². The van der Waals surface area contributed by atoms with Gasteiger partial charge < -0.3 is 10.6 Å². The number of non-ortho nitro benzene ring substituents is 1. The SMILES string of the molecule is Cl.O=C(CSc1ccc([N+](=O)[O-])cc1)NCC1CCCNC1. The highest BCUT2D eigenvalue weighted by Crippen LogP contribution is 2.21. The van der Waals surface area contributed by atoms with Crippen LogP contribution in [0, 0.1) is 16.0 Å². The molecule has 0 bridgehead atoms. The van der Waals surface area contributed by atoms with E-state index in [1.807, 2.05) is 0 Å². The molecule has 122 valence electrons. The summed E-state index contributed by atoms with van der Waals surface area (Å²) in [6.45, 7) is 2.75. The standard InChI is InChI=1S/C14H19N3O3S.ClH/c18-14(16-9-11-2-1-7-15-8-11)10-21-13-5-3-12(4-6-13)17(19)20;/h3-6,11,15H,1-2,7-10H2,(H,16,18);1H. The largest absolute Gasteiger partial charge is 0.355 e. The van der Waals surface area contributed by atoms with Crippen LogP contribution >= 0.6 is 24.2 Å². The summed E-state index contributed by atoms with van der Waals surface area (Å²) in [5.41, 5.74) is 0.0635. The van der Waals surface area contributed by atoms with Gasteiger partial charge in [0.05, 0.1) is 10.7 Å². The van der Waals surface area contributed by atoms with Crippen LogP contribution in [0.25, 0.3) is 0 Å². The molecule has 1 aromatic carbocycles. The molecular formula is C14H20ClN3O3S. The average Bonchev–Trinajstić information content (AvgIpc) is 2.52. The van der Waals surface area contributed by atoms with Crippen molar-refractivity contribution in [1.82, 2.24) is 10.6 Å². The normalized spacial score (nSPS) is 17.4. The fraction of sp³-hybridized carbons (Fsp3) is 0.500. The number of piperidine rings is 1. The Morgan fingerprint density at radius 2 is 2.14 bits per heavy atom. The number of nitrogens with zero attached hydrogens (tertiary/aromatic N) is 1. The Labute approximate surface area is 140 Å². The van der Waals surface area contributed by atoms with Crippen LogP contribution in [0.2, 0.25) is 0 Å². The number of thioether (sulfide) groups is 1. The molecule has 0 aliphatic carbocycles. The summed E-state index contributed by atoms with van der Waals surface area (Å²) in [6.07, 6.45) is 2.32. The summed E-state index contributed by atoms with van der Waals surface area (Å²) >= 11 is 1.39. The number of amides is 1. The molecule has 1 saturated heterocycles. The highest BCUT2D eigenvalue weighted by molar-refractivity contribution is 8.00. The number of carbonyl (C=O) groups is 1. The Morgan fingerprint density at radius 3 is 2.73 bits per heavy atom. The predicted molar refractivity (Wildman–Crippen MR) is 89.7 cm³/mol. The van der Waals surface area contributed by atoms with Crippen LogP contribution in [0.4, 0.5) is 5.69 Å². The topological polar surface area (TPSA) is 84.3 Å². The van der Waals surface area contributed by atoms with Crippen molar-refractivity contribution in [3.8, 4) is 0 Å². The van der Waals surface area contributed by atoms with Crippen molar-refractivity contribution in [3.05, 3.63) is 34.4 Å². The van der Waals surface area contributed by atoms with E-state index in [2.05, 4.69) is 10.6 Å². The summed E-state index contributed by atoms with van der Waals surface area (Å²) in [5.74, 6) is 0.855. The van der Waals surface area contributed by atoms with Crippen molar-refractivity contribution in [2.45, 2.75) is 17.7 Å². The van der Waals surface area contributed by atoms with Gasteiger partial charge in [0.2, 0.25) is 5.91 Å². The third kappa shape index (κ3) is 6.21. The lowest BCUT2D eigenvalue weighted by molar-refractivity contribution is -0.384. The molecule has 0 saturated carbocycles. The first-order valence-corrected chi connectivity index (χ1v) is 7.98. The van der Waals surface area contributed by atoms with Crippen molar-refractivity contribution >= 4 is 35.8 Å². The zero-order chi connectivity index (χ0) is 15.1. The van der Waals surface area contributed by atoms with Gasteiger partial charge in [0.1, 0.15) is 0 Å². The second-order valence-electron chi connectivity index (χ2n) is 5.06. The van der Waals surface area contributed by atoms with Gasteiger partial charge in [-0.25, -0.2) is 0 Å². The number of carbonyl (C=O) groups excluding carboxylic acids is 1. The predicted octanol–water partition coefficient (Wildman–Crippen LogP) is 2.22. The number of halogens is 1. The molecule has 2 N–H and O–H groups in total. The second kappa shape index (κ2) is 9.66. The van der Waals surface area contributed by atoms with Gasteiger partial charge in [-0.15, -0.1) is 24.2 Å². The first-order chi connectivity index (χ1) is 10.1. The van der Waals surface area contributed by atoms with Crippen molar-refractivity contribution < 1.29 is 9.72 Å². The maximum atomic E-state index is 11.8. The monoisotopic (exact) mass is 345 g/mol. The molecule has 0 radical (unpaired) electrons. The molecule has 1 amide bonds. The lowest BCUT2D eigenvalue weighted by Crippen LogP contribution is -2.38. The summed E-state index contributed by atoms with van der Waals surface area (Å²) in [6, 6.07) is 6.24. The van der Waals surface area contributed by atoms with Gasteiger partial charge >= 0.3 is 0 Å². The van der Waals surface area contributed by atoms with Crippen molar-refractivity contribution in [2.75, 3.05) is 25.4 Å². The third-order valence-electron chi connectivity index (χ3n) is 3.40. The lowest BCUT2D eigenvalue weighted by atomic mass is 10.00. The first-order valence-electron chi connectivity index (χ1n) is 7.00. The number of hydrogen-bond donors (Lipinski definition) is 2. The first kappa shape index (κ1) is 18.7. The average molecular weight is 346 g/mol. The zero-order valence-corrected chi connectivity index (χ0v) is 13.8. The Kier molecular flexibility index (Phi) is 8.22. The van der Waals surface area contributed by atoms with Crippen LogP contribution in [0.5, 0.6) is 0 Å². The number of hydrogen-bond acceptors (Lipinski definition) is 5. The molecule has 0 aromatic heterocycles. The number of nitro groups is 1. The van der Waals surface area contributed by atoms with E-state index >= 15 is 0 Å². The minimum atomic E-state index is -0.431. The van der Waals surface area contributed by atoms with Crippen LogP contribution in [-0.4, -0.2) is 36.2 Å². The highest BCUT2D eigenvalue weighted by Gasteiger charge is 2.14. The summed E-state index contributed by atoms with van der Waals surface area (Å²) in [7, 11) is 0. The molecular weight excluding hydrogens is 326 g/mol. The maximum absolute atomic E-state index is 11.8. The fourth-order valence-corrected chi connectivity index (χ4v) is 2.95. The molecule has 0 spiro atoms. The van der Waals surface area contributed by atoms with Crippen LogP contribution in [-0.2, 0) is 4.79 Å². The molecule has 22 heavy (non-hydrogen) atoms. The van der Waals surface area contributed by atoms with Crippen LogP contribution < -0.4 is 10.6 Å². The summed E-state index contributed by atoms with van der Waals surface area (Å²) in [5, 5.41) is 16.8. The molecule has 1 heterocycles. The highest BCUT2D eigenvalue weighted by atomic mass is 35.5. The van der Waals surface area contributed by atoms with Gasteiger partial charge in [-0.3, -0.25) is 14.9 Å². The number of rotatable bonds is 6. The van der Waals surface area contributed by atoms with E-state index in [0.717, 1.165) is 30.8 Å². The Balaban J connectivity index is 0.00000242. The van der Waals surface area contributed by atoms with Crippen LogP contribution in [0.3, 0.4) is 0 Å². The lowest BCUT2D eigenvalue weighted by Gasteiger charge is -2.22. The minimum Gasteiger partial charge on any atom is -0.355 e. The number of benzene rings is 1. The van der Waals surface area contributed by atoms with E-state index in [0.29, 0.717) is 18.2 Å².